The fourth-order valence-corrected chi connectivity index (χ4v) is 2.03. The molecular weight excluding hydrogens is 174 g/mol. The van der Waals surface area contributed by atoms with Crippen LogP contribution in [-0.4, -0.2) is 15.8 Å². The zero-order valence-corrected chi connectivity index (χ0v) is 9.62. The summed E-state index contributed by atoms with van der Waals surface area (Å²) in [5.74, 6) is 0. The van der Waals surface area contributed by atoms with Gasteiger partial charge in [-0.05, 0) is 39.3 Å². The van der Waals surface area contributed by atoms with Gasteiger partial charge >= 0.3 is 0 Å². The smallest absolute Gasteiger partial charge is 0.0744 e. The molecule has 0 fully saturated rings. The molecule has 2 heteroatoms. The molecule has 2 unspecified atom stereocenters. The largest absolute Gasteiger partial charge is 0.391 e. The van der Waals surface area contributed by atoms with Gasteiger partial charge in [-0.2, -0.15) is 0 Å². The van der Waals surface area contributed by atoms with Gasteiger partial charge in [0.15, 0.2) is 0 Å². The van der Waals surface area contributed by atoms with Crippen molar-refractivity contribution in [2.75, 3.05) is 0 Å². The van der Waals surface area contributed by atoms with Gasteiger partial charge in [0.1, 0.15) is 0 Å². The van der Waals surface area contributed by atoms with E-state index in [-0.39, 0.29) is 12.1 Å². The second-order valence-corrected chi connectivity index (χ2v) is 4.08. The summed E-state index contributed by atoms with van der Waals surface area (Å²) in [6.07, 6.45) is 1.67. The average Bonchev–Trinajstić information content (AvgIpc) is 2.46. The lowest BCUT2D eigenvalue weighted by molar-refractivity contribution is 0.109. The predicted molar refractivity (Wildman–Crippen MR) is 59.5 cm³/mol. The van der Waals surface area contributed by atoms with E-state index < -0.39 is 0 Å². The van der Waals surface area contributed by atoms with E-state index in [2.05, 4.69) is 44.4 Å². The lowest BCUT2D eigenvalue weighted by Gasteiger charge is -2.23. The third kappa shape index (κ3) is 2.18. The van der Waals surface area contributed by atoms with Crippen LogP contribution in [0.4, 0.5) is 0 Å². The van der Waals surface area contributed by atoms with Crippen LogP contribution in [0, 0.1) is 13.8 Å². The van der Waals surface area contributed by atoms with Crippen LogP contribution in [-0.2, 0) is 0 Å². The van der Waals surface area contributed by atoms with Crippen LogP contribution in [0.2, 0.25) is 0 Å². The predicted octanol–water partition coefficient (Wildman–Crippen LogP) is 2.83. The highest BCUT2D eigenvalue weighted by molar-refractivity contribution is 5.15. The molecule has 1 heterocycles. The van der Waals surface area contributed by atoms with Gasteiger partial charge in [0, 0.05) is 11.4 Å². The van der Waals surface area contributed by atoms with E-state index in [4.69, 9.17) is 0 Å². The van der Waals surface area contributed by atoms with Gasteiger partial charge < -0.3 is 9.67 Å². The lowest BCUT2D eigenvalue weighted by atomic mass is 10.1. The van der Waals surface area contributed by atoms with Crippen LogP contribution >= 0.6 is 0 Å². The standard InChI is InChI=1S/C12H21NO/c1-5-6-12(14)11(4)13-9(2)7-8-10(13)3/h7-8,11-12,14H,5-6H2,1-4H3. The monoisotopic (exact) mass is 195 g/mol. The molecule has 80 valence electrons. The maximum Gasteiger partial charge on any atom is 0.0744 e. The average molecular weight is 195 g/mol. The van der Waals surface area contributed by atoms with Crippen LogP contribution < -0.4 is 0 Å². The summed E-state index contributed by atoms with van der Waals surface area (Å²) in [6.45, 7) is 8.36. The number of aliphatic hydroxyl groups is 1. The first-order valence-corrected chi connectivity index (χ1v) is 5.40. The molecule has 0 bridgehead atoms. The van der Waals surface area contributed by atoms with Gasteiger partial charge in [-0.3, -0.25) is 0 Å². The molecule has 0 aromatic carbocycles. The molecule has 0 saturated heterocycles. The molecule has 2 nitrogen and oxygen atoms in total. The van der Waals surface area contributed by atoms with E-state index in [0.29, 0.717) is 0 Å². The molecule has 0 amide bonds. The first kappa shape index (κ1) is 11.3. The molecule has 1 aromatic heterocycles. The van der Waals surface area contributed by atoms with Crippen molar-refractivity contribution in [1.82, 2.24) is 4.57 Å². The Morgan fingerprint density at radius 2 is 1.79 bits per heavy atom. The minimum Gasteiger partial charge on any atom is -0.391 e. The third-order valence-electron chi connectivity index (χ3n) is 2.87. The van der Waals surface area contributed by atoms with Crippen LogP contribution in [0.15, 0.2) is 12.1 Å². The van der Waals surface area contributed by atoms with E-state index in [1.165, 1.54) is 11.4 Å². The Bertz CT molecular complexity index is 271. The van der Waals surface area contributed by atoms with Crippen LogP contribution in [0.3, 0.4) is 0 Å². The molecule has 1 N–H and O–H groups in total. The van der Waals surface area contributed by atoms with Gasteiger partial charge in [-0.15, -0.1) is 0 Å². The number of rotatable bonds is 4. The van der Waals surface area contributed by atoms with Crippen LogP contribution in [0.1, 0.15) is 44.1 Å². The zero-order chi connectivity index (χ0) is 10.7. The summed E-state index contributed by atoms with van der Waals surface area (Å²) in [5, 5.41) is 9.92. The molecule has 0 aliphatic heterocycles. The van der Waals surface area contributed by atoms with Crippen molar-refractivity contribution >= 4 is 0 Å². The number of hydrogen-bond acceptors (Lipinski definition) is 1. The highest BCUT2D eigenvalue weighted by atomic mass is 16.3. The SMILES string of the molecule is CCCC(O)C(C)n1c(C)ccc1C. The minimum atomic E-state index is -0.232. The molecule has 2 atom stereocenters. The van der Waals surface area contributed by atoms with E-state index in [1.807, 2.05) is 0 Å². The van der Waals surface area contributed by atoms with Gasteiger partial charge in [0.05, 0.1) is 12.1 Å². The molecular formula is C12H21NO. The molecule has 0 spiro atoms. The Morgan fingerprint density at radius 3 is 2.21 bits per heavy atom. The van der Waals surface area contributed by atoms with E-state index >= 15 is 0 Å². The van der Waals surface area contributed by atoms with Gasteiger partial charge in [-0.1, -0.05) is 13.3 Å². The molecule has 0 aliphatic carbocycles. The summed E-state index contributed by atoms with van der Waals surface area (Å²) in [6, 6.07) is 4.39. The first-order valence-electron chi connectivity index (χ1n) is 5.40. The van der Waals surface area contributed by atoms with Crippen molar-refractivity contribution in [2.45, 2.75) is 52.7 Å². The Balaban J connectivity index is 2.82. The van der Waals surface area contributed by atoms with Gasteiger partial charge in [-0.25, -0.2) is 0 Å². The third-order valence-corrected chi connectivity index (χ3v) is 2.87. The topological polar surface area (TPSA) is 25.2 Å². The van der Waals surface area contributed by atoms with Gasteiger partial charge in [0.2, 0.25) is 0 Å². The molecule has 1 rings (SSSR count). The summed E-state index contributed by atoms with van der Waals surface area (Å²) in [7, 11) is 0. The number of aryl methyl sites for hydroxylation is 2. The normalized spacial score (nSPS) is 15.5. The fraction of sp³-hybridized carbons (Fsp3) is 0.667. The first-order chi connectivity index (χ1) is 6.57. The van der Waals surface area contributed by atoms with Crippen molar-refractivity contribution < 1.29 is 5.11 Å². The summed E-state index contributed by atoms with van der Waals surface area (Å²) in [4.78, 5) is 0. The molecule has 0 saturated carbocycles. The maximum absolute atomic E-state index is 9.92. The highest BCUT2D eigenvalue weighted by Gasteiger charge is 2.17. The number of aliphatic hydroxyl groups excluding tert-OH is 1. The lowest BCUT2D eigenvalue weighted by Crippen LogP contribution is -2.22. The van der Waals surface area contributed by atoms with Crippen molar-refractivity contribution in [1.29, 1.82) is 0 Å². The zero-order valence-electron chi connectivity index (χ0n) is 9.62. The maximum atomic E-state index is 9.92. The van der Waals surface area contributed by atoms with E-state index in [0.717, 1.165) is 12.8 Å². The molecule has 0 radical (unpaired) electrons. The van der Waals surface area contributed by atoms with Gasteiger partial charge in [0.25, 0.3) is 0 Å². The van der Waals surface area contributed by atoms with Crippen LogP contribution in [0.5, 0.6) is 0 Å². The van der Waals surface area contributed by atoms with Crippen molar-refractivity contribution in [3.8, 4) is 0 Å². The quantitative estimate of drug-likeness (QED) is 0.785. The van der Waals surface area contributed by atoms with Crippen molar-refractivity contribution in [3.05, 3.63) is 23.5 Å². The molecule has 1 aromatic rings. The Morgan fingerprint density at radius 1 is 1.29 bits per heavy atom. The van der Waals surface area contributed by atoms with E-state index in [9.17, 15) is 5.11 Å². The number of hydrogen-bond donors (Lipinski definition) is 1. The summed E-state index contributed by atoms with van der Waals surface area (Å²) < 4.78 is 2.21. The fourth-order valence-electron chi connectivity index (χ4n) is 2.03. The summed E-state index contributed by atoms with van der Waals surface area (Å²) >= 11 is 0. The van der Waals surface area contributed by atoms with Crippen LogP contribution in [0.25, 0.3) is 0 Å². The Labute approximate surface area is 86.6 Å². The summed E-state index contributed by atoms with van der Waals surface area (Å²) in [5.41, 5.74) is 2.45. The second kappa shape index (κ2) is 4.65. The van der Waals surface area contributed by atoms with E-state index in [1.54, 1.807) is 0 Å². The minimum absolute atomic E-state index is 0.185. The number of aromatic nitrogens is 1. The Hall–Kier alpha value is -0.760. The Kier molecular flexibility index (Phi) is 3.76. The van der Waals surface area contributed by atoms with Crippen molar-refractivity contribution in [3.63, 3.8) is 0 Å². The molecule has 0 aliphatic rings. The molecule has 14 heavy (non-hydrogen) atoms. The number of nitrogens with zero attached hydrogens (tertiary/aromatic N) is 1. The second-order valence-electron chi connectivity index (χ2n) is 4.08. The van der Waals surface area contributed by atoms with Crippen molar-refractivity contribution in [2.24, 2.45) is 0 Å². The highest BCUT2D eigenvalue weighted by Crippen LogP contribution is 2.20.